The van der Waals surface area contributed by atoms with Crippen molar-refractivity contribution in [3.8, 4) is 0 Å². The van der Waals surface area contributed by atoms with Crippen LogP contribution in [0.1, 0.15) is 17.2 Å². The molecular weight excluding hydrogens is 248 g/mol. The van der Waals surface area contributed by atoms with Crippen LogP contribution in [0.15, 0.2) is 47.3 Å². The molecule has 96 valence electrons. The molecule has 3 nitrogen and oxygen atoms in total. The van der Waals surface area contributed by atoms with Crippen LogP contribution < -0.4 is 5.73 Å². The molecule has 0 amide bonds. The summed E-state index contributed by atoms with van der Waals surface area (Å²) in [5.41, 5.74) is 8.03. The van der Waals surface area contributed by atoms with E-state index in [4.69, 9.17) is 21.8 Å². The number of furan rings is 1. The Hall–Kier alpha value is -1.29. The molecule has 0 spiro atoms. The number of hydrogen-bond donors (Lipinski definition) is 1. The Morgan fingerprint density at radius 1 is 1.33 bits per heavy atom. The third kappa shape index (κ3) is 2.93. The fraction of sp³-hybridized carbons (Fsp3) is 0.286. The van der Waals surface area contributed by atoms with Crippen LogP contribution in [0.5, 0.6) is 0 Å². The summed E-state index contributed by atoms with van der Waals surface area (Å²) >= 11 is 6.16. The van der Waals surface area contributed by atoms with Gasteiger partial charge in [0.05, 0.1) is 18.6 Å². The molecule has 2 N–H and O–H groups in total. The molecule has 4 heteroatoms. The zero-order chi connectivity index (χ0) is 13.0. The predicted octanol–water partition coefficient (Wildman–Crippen LogP) is 3.06. The largest absolute Gasteiger partial charge is 0.472 e. The van der Waals surface area contributed by atoms with Gasteiger partial charge in [0.1, 0.15) is 0 Å². The lowest BCUT2D eigenvalue weighted by molar-refractivity contribution is 0.241. The van der Waals surface area contributed by atoms with E-state index in [1.807, 2.05) is 37.4 Å². The van der Waals surface area contributed by atoms with Crippen molar-refractivity contribution in [2.75, 3.05) is 13.6 Å². The van der Waals surface area contributed by atoms with Gasteiger partial charge in [0.15, 0.2) is 0 Å². The van der Waals surface area contributed by atoms with Gasteiger partial charge in [0.2, 0.25) is 0 Å². The highest BCUT2D eigenvalue weighted by molar-refractivity contribution is 6.31. The van der Waals surface area contributed by atoms with Crippen LogP contribution in [0.4, 0.5) is 0 Å². The second-order valence-electron chi connectivity index (χ2n) is 4.31. The average Bonchev–Trinajstić information content (AvgIpc) is 2.87. The summed E-state index contributed by atoms with van der Waals surface area (Å²) < 4.78 is 5.11. The van der Waals surface area contributed by atoms with Crippen molar-refractivity contribution in [1.82, 2.24) is 4.90 Å². The van der Waals surface area contributed by atoms with E-state index in [2.05, 4.69) is 4.90 Å². The van der Waals surface area contributed by atoms with Crippen molar-refractivity contribution >= 4 is 11.6 Å². The van der Waals surface area contributed by atoms with Crippen LogP contribution in [0.25, 0.3) is 0 Å². The van der Waals surface area contributed by atoms with Gasteiger partial charge in [0.25, 0.3) is 0 Å². The van der Waals surface area contributed by atoms with Crippen molar-refractivity contribution in [1.29, 1.82) is 0 Å². The summed E-state index contributed by atoms with van der Waals surface area (Å²) in [5, 5.41) is 0.785. The molecular formula is C14H17ClN2O. The van der Waals surface area contributed by atoms with Crippen molar-refractivity contribution in [2.24, 2.45) is 5.73 Å². The molecule has 0 aliphatic carbocycles. The zero-order valence-corrected chi connectivity index (χ0v) is 11.1. The van der Waals surface area contributed by atoms with Crippen LogP contribution >= 0.6 is 11.6 Å². The normalized spacial score (nSPS) is 12.9. The van der Waals surface area contributed by atoms with Gasteiger partial charge in [-0.05, 0) is 24.7 Å². The van der Waals surface area contributed by atoms with Crippen LogP contribution in [-0.2, 0) is 6.54 Å². The Morgan fingerprint density at radius 3 is 2.72 bits per heavy atom. The first-order chi connectivity index (χ1) is 8.72. The lowest BCUT2D eigenvalue weighted by Crippen LogP contribution is -2.29. The molecule has 0 fully saturated rings. The van der Waals surface area contributed by atoms with Crippen LogP contribution in [0.3, 0.4) is 0 Å². The van der Waals surface area contributed by atoms with E-state index in [0.29, 0.717) is 6.54 Å². The Bertz CT molecular complexity index is 484. The molecule has 0 saturated heterocycles. The Balaban J connectivity index is 2.11. The monoisotopic (exact) mass is 264 g/mol. The molecule has 2 aromatic rings. The molecule has 1 atom stereocenters. The molecule has 0 radical (unpaired) electrons. The number of benzene rings is 1. The lowest BCUT2D eigenvalue weighted by Gasteiger charge is -2.26. The third-order valence-corrected chi connectivity index (χ3v) is 3.43. The van der Waals surface area contributed by atoms with E-state index in [1.54, 1.807) is 12.5 Å². The summed E-state index contributed by atoms with van der Waals surface area (Å²) in [6, 6.07) is 9.94. The smallest absolute Gasteiger partial charge is 0.0950 e. The standard InChI is InChI=1S/C14H17ClN2O/c1-17(9-11-4-2-3-5-13(11)15)14(8-16)12-6-7-18-10-12/h2-7,10,14H,8-9,16H2,1H3. The van der Waals surface area contributed by atoms with Gasteiger partial charge in [0, 0.05) is 23.7 Å². The van der Waals surface area contributed by atoms with Crippen molar-refractivity contribution < 1.29 is 4.42 Å². The Labute approximate surface area is 112 Å². The fourth-order valence-corrected chi connectivity index (χ4v) is 2.24. The number of nitrogens with two attached hydrogens (primary N) is 1. The summed E-state index contributed by atoms with van der Waals surface area (Å²) in [5.74, 6) is 0. The molecule has 18 heavy (non-hydrogen) atoms. The van der Waals surface area contributed by atoms with Crippen molar-refractivity contribution in [3.05, 3.63) is 59.0 Å². The van der Waals surface area contributed by atoms with Crippen molar-refractivity contribution in [3.63, 3.8) is 0 Å². The molecule has 0 bridgehead atoms. The maximum atomic E-state index is 6.16. The molecule has 0 aliphatic heterocycles. The highest BCUT2D eigenvalue weighted by Gasteiger charge is 2.17. The van der Waals surface area contributed by atoms with Crippen LogP contribution in [0, 0.1) is 0 Å². The van der Waals surface area contributed by atoms with E-state index in [9.17, 15) is 0 Å². The Morgan fingerprint density at radius 2 is 2.11 bits per heavy atom. The second-order valence-corrected chi connectivity index (χ2v) is 4.72. The first-order valence-corrected chi connectivity index (χ1v) is 6.26. The predicted molar refractivity (Wildman–Crippen MR) is 73.4 cm³/mol. The summed E-state index contributed by atoms with van der Waals surface area (Å²) in [6.07, 6.45) is 3.40. The highest BCUT2D eigenvalue weighted by atomic mass is 35.5. The highest BCUT2D eigenvalue weighted by Crippen LogP contribution is 2.23. The van der Waals surface area contributed by atoms with Gasteiger partial charge < -0.3 is 10.2 Å². The molecule has 0 aliphatic rings. The number of halogens is 1. The zero-order valence-electron chi connectivity index (χ0n) is 10.3. The minimum absolute atomic E-state index is 0.139. The number of hydrogen-bond acceptors (Lipinski definition) is 3. The first-order valence-electron chi connectivity index (χ1n) is 5.88. The maximum Gasteiger partial charge on any atom is 0.0950 e. The Kier molecular flexibility index (Phi) is 4.42. The number of likely N-dealkylation sites (N-methyl/N-ethyl adjacent to an activating group) is 1. The van der Waals surface area contributed by atoms with Crippen molar-refractivity contribution in [2.45, 2.75) is 12.6 Å². The summed E-state index contributed by atoms with van der Waals surface area (Å²) in [6.45, 7) is 1.30. The fourth-order valence-electron chi connectivity index (χ4n) is 2.04. The van der Waals surface area contributed by atoms with Gasteiger partial charge >= 0.3 is 0 Å². The van der Waals surface area contributed by atoms with Gasteiger partial charge in [-0.3, -0.25) is 4.90 Å². The average molecular weight is 265 g/mol. The third-order valence-electron chi connectivity index (χ3n) is 3.06. The first kappa shape index (κ1) is 13.1. The van der Waals surface area contributed by atoms with Gasteiger partial charge in [-0.1, -0.05) is 29.8 Å². The van der Waals surface area contributed by atoms with E-state index in [0.717, 1.165) is 22.7 Å². The topological polar surface area (TPSA) is 42.4 Å². The quantitative estimate of drug-likeness (QED) is 0.903. The minimum atomic E-state index is 0.139. The summed E-state index contributed by atoms with van der Waals surface area (Å²) in [4.78, 5) is 2.17. The molecule has 1 aromatic carbocycles. The van der Waals surface area contributed by atoms with E-state index in [-0.39, 0.29) is 6.04 Å². The van der Waals surface area contributed by atoms with E-state index < -0.39 is 0 Å². The molecule has 1 aromatic heterocycles. The second kappa shape index (κ2) is 6.05. The molecule has 1 unspecified atom stereocenters. The number of rotatable bonds is 5. The summed E-state index contributed by atoms with van der Waals surface area (Å²) in [7, 11) is 2.04. The molecule has 2 rings (SSSR count). The molecule has 1 heterocycles. The van der Waals surface area contributed by atoms with Gasteiger partial charge in [-0.15, -0.1) is 0 Å². The van der Waals surface area contributed by atoms with Gasteiger partial charge in [-0.25, -0.2) is 0 Å². The maximum absolute atomic E-state index is 6.16. The minimum Gasteiger partial charge on any atom is -0.472 e. The van der Waals surface area contributed by atoms with E-state index >= 15 is 0 Å². The number of nitrogens with zero attached hydrogens (tertiary/aromatic N) is 1. The molecule has 0 saturated carbocycles. The van der Waals surface area contributed by atoms with Crippen LogP contribution in [0.2, 0.25) is 5.02 Å². The lowest BCUT2D eigenvalue weighted by atomic mass is 10.1. The van der Waals surface area contributed by atoms with Crippen LogP contribution in [-0.4, -0.2) is 18.5 Å². The SMILES string of the molecule is CN(Cc1ccccc1Cl)C(CN)c1ccoc1. The van der Waals surface area contributed by atoms with E-state index in [1.165, 1.54) is 0 Å². The van der Waals surface area contributed by atoms with Gasteiger partial charge in [-0.2, -0.15) is 0 Å².